The average molecular weight is 533 g/mol. The van der Waals surface area contributed by atoms with Gasteiger partial charge in [-0.3, -0.25) is 14.5 Å². The Morgan fingerprint density at radius 2 is 1.56 bits per heavy atom. The summed E-state index contributed by atoms with van der Waals surface area (Å²) < 4.78 is 5.54. The van der Waals surface area contributed by atoms with Crippen molar-refractivity contribution in [2.75, 3.05) is 42.3 Å². The van der Waals surface area contributed by atoms with E-state index in [1.54, 1.807) is 30.0 Å². The van der Waals surface area contributed by atoms with Crippen LogP contribution >= 0.6 is 0 Å². The minimum Gasteiger partial charge on any atom is -0.494 e. The van der Waals surface area contributed by atoms with E-state index in [2.05, 4.69) is 10.6 Å². The van der Waals surface area contributed by atoms with E-state index in [0.29, 0.717) is 55.4 Å². The predicted molar refractivity (Wildman–Crippen MR) is 153 cm³/mol. The number of urea groups is 1. The topological polar surface area (TPSA) is 111 Å². The molecule has 206 valence electrons. The molecule has 0 atom stereocenters. The molecule has 3 aromatic carbocycles. The summed E-state index contributed by atoms with van der Waals surface area (Å²) in [6.07, 6.45) is 0.308. The molecule has 0 aliphatic carbocycles. The number of anilines is 3. The highest BCUT2D eigenvalue weighted by atomic mass is 16.5. The number of ether oxygens (including phenoxy) is 1. The molecule has 0 spiro atoms. The second-order valence-corrected chi connectivity index (χ2v) is 9.08. The first-order chi connectivity index (χ1) is 18.8. The van der Waals surface area contributed by atoms with Crippen LogP contribution in [-0.2, 0) is 16.1 Å². The van der Waals surface area contributed by atoms with Crippen molar-refractivity contribution in [1.29, 1.82) is 0 Å². The predicted octanol–water partition coefficient (Wildman–Crippen LogP) is 5.37. The van der Waals surface area contributed by atoms with Crippen LogP contribution in [0, 0.1) is 6.92 Å². The van der Waals surface area contributed by atoms with Crippen LogP contribution in [0.5, 0.6) is 5.75 Å². The standard InChI is InChI=1S/C30H36N4O5/c1-4-28(35)34(19-18-33(17-16-29(36)37)21-23-11-6-5-7-12-23)24-14-15-26(27(20-24)39-3)32-30(38)31-25-13-9-8-10-22(25)2/h5-15,20H,4,16-19,21H2,1-3H3,(H,36,37)(H2,31,32,38). The van der Waals surface area contributed by atoms with Gasteiger partial charge >= 0.3 is 12.0 Å². The van der Waals surface area contributed by atoms with Crippen molar-refractivity contribution in [3.63, 3.8) is 0 Å². The van der Waals surface area contributed by atoms with Crippen molar-refractivity contribution >= 4 is 35.0 Å². The summed E-state index contributed by atoms with van der Waals surface area (Å²) in [4.78, 5) is 40.5. The zero-order valence-electron chi connectivity index (χ0n) is 22.6. The second kappa shape index (κ2) is 14.5. The molecule has 0 fully saturated rings. The molecule has 0 saturated heterocycles. The number of carboxylic acids is 1. The number of nitrogens with zero attached hydrogens (tertiary/aromatic N) is 2. The van der Waals surface area contributed by atoms with Gasteiger partial charge in [-0.15, -0.1) is 0 Å². The van der Waals surface area contributed by atoms with Crippen molar-refractivity contribution in [3.8, 4) is 5.75 Å². The number of benzene rings is 3. The van der Waals surface area contributed by atoms with Crippen molar-refractivity contribution in [2.45, 2.75) is 33.2 Å². The quantitative estimate of drug-likeness (QED) is 0.273. The Kier molecular flexibility index (Phi) is 10.9. The van der Waals surface area contributed by atoms with E-state index >= 15 is 0 Å². The molecule has 0 aromatic heterocycles. The van der Waals surface area contributed by atoms with Gasteiger partial charge in [-0.1, -0.05) is 55.5 Å². The van der Waals surface area contributed by atoms with Crippen molar-refractivity contribution in [1.82, 2.24) is 4.90 Å². The average Bonchev–Trinajstić information content (AvgIpc) is 2.93. The molecule has 9 nitrogen and oxygen atoms in total. The van der Waals surface area contributed by atoms with E-state index in [-0.39, 0.29) is 12.3 Å². The lowest BCUT2D eigenvalue weighted by atomic mass is 10.2. The molecule has 0 aliphatic rings. The highest BCUT2D eigenvalue weighted by molar-refractivity contribution is 6.01. The molecule has 3 amide bonds. The number of carboxylic acid groups (broad SMARTS) is 1. The van der Waals surface area contributed by atoms with Crippen molar-refractivity contribution < 1.29 is 24.2 Å². The maximum atomic E-state index is 12.9. The van der Waals surface area contributed by atoms with Gasteiger partial charge in [0.25, 0.3) is 0 Å². The molecule has 0 unspecified atom stereocenters. The highest BCUT2D eigenvalue weighted by Crippen LogP contribution is 2.30. The Hall–Kier alpha value is -4.37. The van der Waals surface area contributed by atoms with Crippen LogP contribution in [0.3, 0.4) is 0 Å². The van der Waals surface area contributed by atoms with Gasteiger partial charge in [0.15, 0.2) is 0 Å². The number of carbonyl (C=O) groups excluding carboxylic acids is 2. The molecule has 0 heterocycles. The molecule has 39 heavy (non-hydrogen) atoms. The number of aryl methyl sites for hydroxylation is 1. The van der Waals surface area contributed by atoms with E-state index in [1.165, 1.54) is 7.11 Å². The summed E-state index contributed by atoms with van der Waals surface area (Å²) in [7, 11) is 1.50. The monoisotopic (exact) mass is 532 g/mol. The largest absolute Gasteiger partial charge is 0.494 e. The third-order valence-electron chi connectivity index (χ3n) is 6.27. The van der Waals surface area contributed by atoms with E-state index in [4.69, 9.17) is 4.74 Å². The third-order valence-corrected chi connectivity index (χ3v) is 6.27. The fourth-order valence-corrected chi connectivity index (χ4v) is 4.14. The molecule has 0 saturated carbocycles. The fourth-order valence-electron chi connectivity index (χ4n) is 4.14. The van der Waals surface area contributed by atoms with Crippen molar-refractivity contribution in [3.05, 3.63) is 83.9 Å². The minimum absolute atomic E-state index is 0.00726. The fraction of sp³-hybridized carbons (Fsp3) is 0.300. The van der Waals surface area contributed by atoms with Gasteiger partial charge in [-0.2, -0.15) is 0 Å². The number of hydrogen-bond acceptors (Lipinski definition) is 5. The molecule has 3 N–H and O–H groups in total. The molecular formula is C30H36N4O5. The second-order valence-electron chi connectivity index (χ2n) is 9.08. The Balaban J connectivity index is 1.75. The van der Waals surface area contributed by atoms with Crippen LogP contribution in [0.25, 0.3) is 0 Å². The molecule has 0 bridgehead atoms. The summed E-state index contributed by atoms with van der Waals surface area (Å²) in [5, 5.41) is 14.9. The summed E-state index contributed by atoms with van der Waals surface area (Å²) in [5.41, 5.74) is 3.80. The van der Waals surface area contributed by atoms with E-state index < -0.39 is 12.0 Å². The van der Waals surface area contributed by atoms with Gasteiger partial charge in [0.2, 0.25) is 5.91 Å². The van der Waals surface area contributed by atoms with Gasteiger partial charge in [-0.05, 0) is 36.2 Å². The molecule has 0 radical (unpaired) electrons. The number of hydrogen-bond donors (Lipinski definition) is 3. The Labute approximate surface area is 229 Å². The van der Waals surface area contributed by atoms with Crippen LogP contribution in [0.4, 0.5) is 21.9 Å². The van der Waals surface area contributed by atoms with Crippen LogP contribution < -0.4 is 20.3 Å². The summed E-state index contributed by atoms with van der Waals surface area (Å²) in [6, 6.07) is 22.1. The lowest BCUT2D eigenvalue weighted by molar-refractivity contribution is -0.137. The zero-order chi connectivity index (χ0) is 28.2. The lowest BCUT2D eigenvalue weighted by Crippen LogP contribution is -2.39. The Morgan fingerprint density at radius 3 is 2.23 bits per heavy atom. The van der Waals surface area contributed by atoms with E-state index in [0.717, 1.165) is 11.1 Å². The zero-order valence-corrected chi connectivity index (χ0v) is 22.6. The molecule has 3 aromatic rings. The van der Waals surface area contributed by atoms with Crippen LogP contribution in [-0.4, -0.2) is 54.7 Å². The maximum absolute atomic E-state index is 12.9. The van der Waals surface area contributed by atoms with Crippen LogP contribution in [0.1, 0.15) is 30.9 Å². The number of methoxy groups -OCH3 is 1. The van der Waals surface area contributed by atoms with Crippen LogP contribution in [0.15, 0.2) is 72.8 Å². The maximum Gasteiger partial charge on any atom is 0.323 e. The highest BCUT2D eigenvalue weighted by Gasteiger charge is 2.19. The first-order valence-electron chi connectivity index (χ1n) is 12.9. The number of nitrogens with one attached hydrogen (secondary N) is 2. The summed E-state index contributed by atoms with van der Waals surface area (Å²) >= 11 is 0. The van der Waals surface area contributed by atoms with Gasteiger partial charge in [0.05, 0.1) is 19.2 Å². The number of rotatable bonds is 13. The van der Waals surface area contributed by atoms with Gasteiger partial charge < -0.3 is 25.4 Å². The number of carbonyl (C=O) groups is 3. The van der Waals surface area contributed by atoms with E-state index in [9.17, 15) is 19.5 Å². The van der Waals surface area contributed by atoms with Crippen LogP contribution in [0.2, 0.25) is 0 Å². The normalized spacial score (nSPS) is 10.7. The number of aliphatic carboxylic acids is 1. The minimum atomic E-state index is -0.867. The first-order valence-corrected chi connectivity index (χ1v) is 12.9. The third kappa shape index (κ3) is 8.86. The van der Waals surface area contributed by atoms with Gasteiger partial charge in [0.1, 0.15) is 5.75 Å². The lowest BCUT2D eigenvalue weighted by Gasteiger charge is -2.28. The number of amides is 3. The Bertz CT molecular complexity index is 1270. The molecule has 9 heteroatoms. The van der Waals surface area contributed by atoms with Gasteiger partial charge in [0, 0.05) is 50.0 Å². The molecular weight excluding hydrogens is 496 g/mol. The van der Waals surface area contributed by atoms with Crippen molar-refractivity contribution in [2.24, 2.45) is 0 Å². The van der Waals surface area contributed by atoms with Gasteiger partial charge in [-0.25, -0.2) is 4.79 Å². The molecule has 0 aliphatic heterocycles. The summed E-state index contributed by atoms with van der Waals surface area (Å²) in [5.74, 6) is -0.532. The Morgan fingerprint density at radius 1 is 0.872 bits per heavy atom. The SMILES string of the molecule is CCC(=O)N(CCN(CCC(=O)O)Cc1ccccc1)c1ccc(NC(=O)Nc2ccccc2C)c(OC)c1. The van der Waals surface area contributed by atoms with E-state index in [1.807, 2.05) is 66.4 Å². The summed E-state index contributed by atoms with van der Waals surface area (Å²) in [6.45, 7) is 5.49. The smallest absolute Gasteiger partial charge is 0.323 e. The number of para-hydroxylation sites is 1. The first kappa shape index (κ1) is 29.2. The molecule has 3 rings (SSSR count).